The molecule has 1 aliphatic heterocycles. The van der Waals surface area contributed by atoms with Gasteiger partial charge in [0.25, 0.3) is 6.71 Å². The van der Waals surface area contributed by atoms with Crippen LogP contribution in [0.5, 0.6) is 0 Å². The summed E-state index contributed by atoms with van der Waals surface area (Å²) in [6.07, 6.45) is 1.48. The Kier molecular flexibility index (Phi) is 3.48. The highest BCUT2D eigenvalue weighted by Gasteiger charge is 2.29. The minimum atomic E-state index is 0.0134. The van der Waals surface area contributed by atoms with Crippen LogP contribution in [0, 0.1) is 11.2 Å². The summed E-state index contributed by atoms with van der Waals surface area (Å²) >= 11 is 6.07. The molecule has 2 N–H and O–H groups in total. The maximum atomic E-state index is 9.16. The molecule has 0 unspecified atom stereocenters. The maximum Gasteiger partial charge on any atom is 0.275 e. The molecule has 0 fully saturated rings. The van der Waals surface area contributed by atoms with Gasteiger partial charge in [0.1, 0.15) is 5.69 Å². The third kappa shape index (κ3) is 2.43. The van der Waals surface area contributed by atoms with Gasteiger partial charge in [-0.25, -0.2) is 5.26 Å². The molecule has 0 atom stereocenters. The Morgan fingerprint density at radius 2 is 2.33 bits per heavy atom. The van der Waals surface area contributed by atoms with Crippen LogP contribution in [0.25, 0.3) is 17.0 Å². The molecule has 104 valence electrons. The number of fused-ring (bicyclic) bond motifs is 1. The summed E-state index contributed by atoms with van der Waals surface area (Å²) in [4.78, 5) is 0. The maximum absolute atomic E-state index is 9.16. The molecule has 0 saturated heterocycles. The van der Waals surface area contributed by atoms with Crippen molar-refractivity contribution < 1.29 is 0 Å². The molecule has 6 heteroatoms. The predicted octanol–water partition coefficient (Wildman–Crippen LogP) is 2.79. The van der Waals surface area contributed by atoms with Crippen molar-refractivity contribution in [1.29, 1.82) is 5.26 Å². The Labute approximate surface area is 128 Å². The lowest BCUT2D eigenvalue weighted by molar-refractivity contribution is 0.616. The highest BCUT2D eigenvalue weighted by atomic mass is 35.5. The first kappa shape index (κ1) is 13.8. The van der Waals surface area contributed by atoms with Crippen molar-refractivity contribution in [3.8, 4) is 17.2 Å². The van der Waals surface area contributed by atoms with E-state index in [1.165, 1.54) is 0 Å². The molecular weight excluding hydrogens is 282 g/mol. The predicted molar refractivity (Wildman–Crippen MR) is 85.8 cm³/mol. The molecule has 0 aliphatic carbocycles. The molecule has 2 heterocycles. The van der Waals surface area contributed by atoms with Crippen LogP contribution >= 0.6 is 11.6 Å². The van der Waals surface area contributed by atoms with Crippen molar-refractivity contribution in [1.82, 2.24) is 9.78 Å². The van der Waals surface area contributed by atoms with Gasteiger partial charge in [-0.15, -0.1) is 0 Å². The highest BCUT2D eigenvalue weighted by Crippen LogP contribution is 2.32. The van der Waals surface area contributed by atoms with E-state index in [-0.39, 0.29) is 6.71 Å². The number of benzene rings is 1. The summed E-state index contributed by atoms with van der Waals surface area (Å²) in [6, 6.07) is 7.53. The molecule has 1 aliphatic rings. The molecule has 0 radical (unpaired) electrons. The van der Waals surface area contributed by atoms with Gasteiger partial charge in [-0.2, -0.15) is 5.10 Å². The molecule has 1 aromatic carbocycles. The zero-order chi connectivity index (χ0) is 15.0. The van der Waals surface area contributed by atoms with Crippen molar-refractivity contribution in [2.45, 2.75) is 19.2 Å². The molecule has 0 spiro atoms. The second-order valence-corrected chi connectivity index (χ2v) is 5.68. The van der Waals surface area contributed by atoms with Gasteiger partial charge in [0.15, 0.2) is 0 Å². The fourth-order valence-corrected chi connectivity index (χ4v) is 2.98. The lowest BCUT2D eigenvalue weighted by atomic mass is 9.44. The Hall–Kier alpha value is -2.19. The number of hydrogen-bond acceptors (Lipinski definition) is 3. The summed E-state index contributed by atoms with van der Waals surface area (Å²) in [7, 11) is 0. The molecule has 0 saturated carbocycles. The lowest BCUT2D eigenvalue weighted by Crippen LogP contribution is -2.26. The smallest absolute Gasteiger partial charge is 0.275 e. The van der Waals surface area contributed by atoms with Crippen molar-refractivity contribution in [2.75, 3.05) is 0 Å². The minimum Gasteiger partial charge on any atom is -0.399 e. The van der Waals surface area contributed by atoms with E-state index in [0.29, 0.717) is 17.0 Å². The van der Waals surface area contributed by atoms with E-state index in [4.69, 9.17) is 22.6 Å². The third-order valence-electron chi connectivity index (χ3n) is 3.79. The standard InChI is InChI=1S/C15H14BClN4/c1-10(19)14-13-8-16(9-18)5-6-21(13)20-15(14)11-3-2-4-12(17)7-11/h2-4,7H,1,5-6,8,19H2. The number of nitriles is 1. The van der Waals surface area contributed by atoms with Crippen molar-refractivity contribution >= 4 is 24.0 Å². The summed E-state index contributed by atoms with van der Waals surface area (Å²) in [5, 5.41) is 14.5. The Morgan fingerprint density at radius 3 is 3.00 bits per heavy atom. The van der Waals surface area contributed by atoms with E-state index < -0.39 is 0 Å². The number of aromatic nitrogens is 2. The van der Waals surface area contributed by atoms with Crippen molar-refractivity contribution in [3.63, 3.8) is 0 Å². The largest absolute Gasteiger partial charge is 0.399 e. The third-order valence-corrected chi connectivity index (χ3v) is 4.02. The van der Waals surface area contributed by atoms with Gasteiger partial charge in [0.2, 0.25) is 0 Å². The van der Waals surface area contributed by atoms with Gasteiger partial charge in [-0.05, 0) is 24.8 Å². The average Bonchev–Trinajstić information content (AvgIpc) is 2.85. The minimum absolute atomic E-state index is 0.0134. The Bertz CT molecular complexity index is 760. The zero-order valence-corrected chi connectivity index (χ0v) is 12.3. The number of nitrogens with two attached hydrogens (primary N) is 1. The van der Waals surface area contributed by atoms with E-state index in [0.717, 1.165) is 35.4 Å². The zero-order valence-electron chi connectivity index (χ0n) is 11.5. The lowest BCUT2D eigenvalue weighted by Gasteiger charge is -2.16. The van der Waals surface area contributed by atoms with Gasteiger partial charge < -0.3 is 5.73 Å². The average molecular weight is 297 g/mol. The topological polar surface area (TPSA) is 67.6 Å². The molecule has 1 aromatic heterocycles. The monoisotopic (exact) mass is 296 g/mol. The van der Waals surface area contributed by atoms with Crippen LogP contribution in [0.1, 0.15) is 11.3 Å². The fourth-order valence-electron chi connectivity index (χ4n) is 2.79. The van der Waals surface area contributed by atoms with Crippen LogP contribution in [-0.4, -0.2) is 16.5 Å². The van der Waals surface area contributed by atoms with Gasteiger partial charge in [-0.1, -0.05) is 30.3 Å². The fraction of sp³-hybridized carbons (Fsp3) is 0.200. The number of halogens is 1. The van der Waals surface area contributed by atoms with Crippen LogP contribution in [0.2, 0.25) is 11.3 Å². The van der Waals surface area contributed by atoms with E-state index in [9.17, 15) is 0 Å². The molecule has 0 amide bonds. The van der Waals surface area contributed by atoms with E-state index in [1.54, 1.807) is 0 Å². The van der Waals surface area contributed by atoms with Gasteiger partial charge in [0.05, 0.1) is 0 Å². The summed E-state index contributed by atoms with van der Waals surface area (Å²) < 4.78 is 1.94. The van der Waals surface area contributed by atoms with Crippen LogP contribution < -0.4 is 5.73 Å². The first-order valence-electron chi connectivity index (χ1n) is 6.80. The normalized spacial score (nSPS) is 13.6. The van der Waals surface area contributed by atoms with E-state index in [2.05, 4.69) is 17.6 Å². The van der Waals surface area contributed by atoms with Crippen LogP contribution in [0.4, 0.5) is 0 Å². The summed E-state index contributed by atoms with van der Waals surface area (Å²) in [5.41, 5.74) is 10.0. The van der Waals surface area contributed by atoms with E-state index >= 15 is 0 Å². The van der Waals surface area contributed by atoms with Crippen molar-refractivity contribution in [3.05, 3.63) is 47.1 Å². The first-order valence-corrected chi connectivity index (χ1v) is 7.18. The molecule has 0 bridgehead atoms. The summed E-state index contributed by atoms with van der Waals surface area (Å²) in [6.45, 7) is 4.62. The SMILES string of the molecule is C=C(N)c1c(-c2cccc(Cl)c2)nn2c1CB(C#N)CC2. The summed E-state index contributed by atoms with van der Waals surface area (Å²) in [5.74, 6) is 2.34. The van der Waals surface area contributed by atoms with E-state index in [1.807, 2.05) is 28.9 Å². The molecule has 4 nitrogen and oxygen atoms in total. The van der Waals surface area contributed by atoms with Crippen molar-refractivity contribution in [2.24, 2.45) is 5.73 Å². The number of rotatable bonds is 2. The number of nitrogens with zero attached hydrogens (tertiary/aromatic N) is 3. The van der Waals surface area contributed by atoms with Gasteiger partial charge in [0, 0.05) is 40.1 Å². The second kappa shape index (κ2) is 5.30. The van der Waals surface area contributed by atoms with Gasteiger partial charge >= 0.3 is 0 Å². The first-order chi connectivity index (χ1) is 10.1. The van der Waals surface area contributed by atoms with Crippen LogP contribution in [0.15, 0.2) is 30.8 Å². The van der Waals surface area contributed by atoms with Crippen LogP contribution in [-0.2, 0) is 12.9 Å². The molecule has 3 rings (SSSR count). The second-order valence-electron chi connectivity index (χ2n) is 5.25. The highest BCUT2D eigenvalue weighted by molar-refractivity contribution is 6.66. The van der Waals surface area contributed by atoms with Crippen LogP contribution in [0.3, 0.4) is 0 Å². The number of hydrogen-bond donors (Lipinski definition) is 1. The molecular formula is C15H14BClN4. The Balaban J connectivity index is 2.17. The number of aryl methyl sites for hydroxylation is 1. The molecule has 21 heavy (non-hydrogen) atoms. The Morgan fingerprint density at radius 1 is 1.52 bits per heavy atom. The van der Waals surface area contributed by atoms with Gasteiger partial charge in [-0.3, -0.25) is 4.68 Å². The quantitative estimate of drug-likeness (QED) is 0.866. The molecule has 2 aromatic rings.